The van der Waals surface area contributed by atoms with Crippen molar-refractivity contribution in [1.82, 2.24) is 5.32 Å². The van der Waals surface area contributed by atoms with E-state index < -0.39 is 23.7 Å². The number of benzene rings is 2. The minimum atomic E-state index is -0.894. The predicted octanol–water partition coefficient (Wildman–Crippen LogP) is 1.96. The SMILES string of the molecule is Cc1ccc(C[C@@H](NC(=O)c2ccccc2F)C(N)=O)cc1. The van der Waals surface area contributed by atoms with Gasteiger partial charge < -0.3 is 11.1 Å². The van der Waals surface area contributed by atoms with Gasteiger partial charge in [0.1, 0.15) is 11.9 Å². The van der Waals surface area contributed by atoms with Gasteiger partial charge in [0.15, 0.2) is 0 Å². The second-order valence-corrected chi connectivity index (χ2v) is 5.10. The average molecular weight is 300 g/mol. The summed E-state index contributed by atoms with van der Waals surface area (Å²) >= 11 is 0. The topological polar surface area (TPSA) is 72.2 Å². The summed E-state index contributed by atoms with van der Waals surface area (Å²) in [5.41, 5.74) is 7.17. The number of primary amides is 1. The molecule has 3 N–H and O–H groups in total. The first-order valence-corrected chi connectivity index (χ1v) is 6.87. The smallest absolute Gasteiger partial charge is 0.254 e. The summed E-state index contributed by atoms with van der Waals surface area (Å²) < 4.78 is 13.6. The van der Waals surface area contributed by atoms with E-state index in [9.17, 15) is 14.0 Å². The quantitative estimate of drug-likeness (QED) is 0.886. The molecular formula is C17H17FN2O2. The Labute approximate surface area is 128 Å². The molecular weight excluding hydrogens is 283 g/mol. The molecule has 0 radical (unpaired) electrons. The van der Waals surface area contributed by atoms with Gasteiger partial charge in [0, 0.05) is 6.42 Å². The standard InChI is InChI=1S/C17H17FN2O2/c1-11-6-8-12(9-7-11)10-15(16(19)21)20-17(22)13-4-2-3-5-14(13)18/h2-9,15H,10H2,1H3,(H2,19,21)(H,20,22)/t15-/m1/s1. The van der Waals surface area contributed by atoms with Gasteiger partial charge in [-0.05, 0) is 24.6 Å². The van der Waals surface area contributed by atoms with Crippen LogP contribution in [0.5, 0.6) is 0 Å². The molecule has 0 spiro atoms. The molecule has 0 fully saturated rings. The predicted molar refractivity (Wildman–Crippen MR) is 81.7 cm³/mol. The summed E-state index contributed by atoms with van der Waals surface area (Å²) in [6.07, 6.45) is 0.260. The zero-order valence-corrected chi connectivity index (χ0v) is 12.2. The lowest BCUT2D eigenvalue weighted by atomic mass is 10.0. The highest BCUT2D eigenvalue weighted by atomic mass is 19.1. The molecule has 0 aliphatic carbocycles. The third kappa shape index (κ3) is 3.91. The van der Waals surface area contributed by atoms with Crippen molar-refractivity contribution >= 4 is 11.8 Å². The number of hydrogen-bond acceptors (Lipinski definition) is 2. The number of nitrogens with two attached hydrogens (primary N) is 1. The highest BCUT2D eigenvalue weighted by molar-refractivity contribution is 5.97. The molecule has 114 valence electrons. The van der Waals surface area contributed by atoms with Crippen molar-refractivity contribution in [3.8, 4) is 0 Å². The fourth-order valence-corrected chi connectivity index (χ4v) is 2.06. The van der Waals surface area contributed by atoms with Crippen molar-refractivity contribution < 1.29 is 14.0 Å². The van der Waals surface area contributed by atoms with Crippen molar-refractivity contribution in [1.29, 1.82) is 0 Å². The Balaban J connectivity index is 2.12. The first-order valence-electron chi connectivity index (χ1n) is 6.87. The van der Waals surface area contributed by atoms with Crippen LogP contribution in [0.4, 0.5) is 4.39 Å². The maximum atomic E-state index is 13.6. The Bertz CT molecular complexity index is 683. The second-order valence-electron chi connectivity index (χ2n) is 5.10. The molecule has 2 rings (SSSR count). The highest BCUT2D eigenvalue weighted by Crippen LogP contribution is 2.09. The molecule has 4 nitrogen and oxygen atoms in total. The van der Waals surface area contributed by atoms with Crippen molar-refractivity contribution in [2.75, 3.05) is 0 Å². The van der Waals surface area contributed by atoms with Crippen LogP contribution in [0.25, 0.3) is 0 Å². The molecule has 0 aliphatic rings. The summed E-state index contributed by atoms with van der Waals surface area (Å²) in [6.45, 7) is 1.95. The molecule has 0 bridgehead atoms. The van der Waals surface area contributed by atoms with E-state index in [4.69, 9.17) is 5.73 Å². The van der Waals surface area contributed by atoms with Crippen LogP contribution in [0.2, 0.25) is 0 Å². The number of halogens is 1. The van der Waals surface area contributed by atoms with E-state index in [1.165, 1.54) is 18.2 Å². The zero-order chi connectivity index (χ0) is 16.1. The number of amides is 2. The van der Waals surface area contributed by atoms with Gasteiger partial charge in [-0.2, -0.15) is 0 Å². The van der Waals surface area contributed by atoms with E-state index in [0.717, 1.165) is 11.1 Å². The summed E-state index contributed by atoms with van der Waals surface area (Å²) in [7, 11) is 0. The summed E-state index contributed by atoms with van der Waals surface area (Å²) in [4.78, 5) is 23.6. The van der Waals surface area contributed by atoms with Gasteiger partial charge in [-0.15, -0.1) is 0 Å². The lowest BCUT2D eigenvalue weighted by Crippen LogP contribution is -2.46. The minimum Gasteiger partial charge on any atom is -0.368 e. The van der Waals surface area contributed by atoms with Crippen LogP contribution in [0.15, 0.2) is 48.5 Å². The number of hydrogen-bond donors (Lipinski definition) is 2. The molecule has 1 atom stereocenters. The van der Waals surface area contributed by atoms with Crippen LogP contribution in [0.3, 0.4) is 0 Å². The summed E-state index contributed by atoms with van der Waals surface area (Å²) in [5.74, 6) is -1.96. The van der Waals surface area contributed by atoms with E-state index in [1.54, 1.807) is 6.07 Å². The Morgan fingerprint density at radius 1 is 1.14 bits per heavy atom. The molecule has 0 saturated carbocycles. The van der Waals surface area contributed by atoms with Crippen molar-refractivity contribution in [2.24, 2.45) is 5.73 Å². The lowest BCUT2D eigenvalue weighted by Gasteiger charge is -2.16. The van der Waals surface area contributed by atoms with Crippen LogP contribution in [0, 0.1) is 12.7 Å². The van der Waals surface area contributed by atoms with Crippen LogP contribution in [0.1, 0.15) is 21.5 Å². The largest absolute Gasteiger partial charge is 0.368 e. The van der Waals surface area contributed by atoms with E-state index in [-0.39, 0.29) is 12.0 Å². The maximum Gasteiger partial charge on any atom is 0.254 e. The number of aryl methyl sites for hydroxylation is 1. The number of rotatable bonds is 5. The van der Waals surface area contributed by atoms with E-state index >= 15 is 0 Å². The Morgan fingerprint density at radius 3 is 2.36 bits per heavy atom. The first kappa shape index (κ1) is 15.7. The second kappa shape index (κ2) is 6.85. The van der Waals surface area contributed by atoms with Gasteiger partial charge in [0.2, 0.25) is 5.91 Å². The van der Waals surface area contributed by atoms with E-state index in [0.29, 0.717) is 0 Å². The molecule has 0 aromatic heterocycles. The van der Waals surface area contributed by atoms with E-state index in [2.05, 4.69) is 5.32 Å². The van der Waals surface area contributed by atoms with E-state index in [1.807, 2.05) is 31.2 Å². The van der Waals surface area contributed by atoms with Gasteiger partial charge in [0.25, 0.3) is 5.91 Å². The summed E-state index contributed by atoms with van der Waals surface area (Å²) in [6, 6.07) is 12.2. The van der Waals surface area contributed by atoms with Crippen LogP contribution < -0.4 is 11.1 Å². The molecule has 2 aromatic rings. The third-order valence-electron chi connectivity index (χ3n) is 3.33. The van der Waals surface area contributed by atoms with Crippen LogP contribution >= 0.6 is 0 Å². The molecule has 0 unspecified atom stereocenters. The average Bonchev–Trinajstić information content (AvgIpc) is 2.49. The zero-order valence-electron chi connectivity index (χ0n) is 12.2. The fourth-order valence-electron chi connectivity index (χ4n) is 2.06. The highest BCUT2D eigenvalue weighted by Gasteiger charge is 2.21. The molecule has 0 saturated heterocycles. The van der Waals surface area contributed by atoms with Crippen molar-refractivity contribution in [3.05, 3.63) is 71.0 Å². The lowest BCUT2D eigenvalue weighted by molar-refractivity contribution is -0.119. The number of nitrogens with one attached hydrogen (secondary N) is 1. The van der Waals surface area contributed by atoms with Gasteiger partial charge in [0.05, 0.1) is 5.56 Å². The van der Waals surface area contributed by atoms with Gasteiger partial charge in [-0.25, -0.2) is 4.39 Å². The third-order valence-corrected chi connectivity index (χ3v) is 3.33. The molecule has 22 heavy (non-hydrogen) atoms. The van der Waals surface area contributed by atoms with Crippen LogP contribution in [-0.4, -0.2) is 17.9 Å². The Hall–Kier alpha value is -2.69. The van der Waals surface area contributed by atoms with Crippen molar-refractivity contribution in [2.45, 2.75) is 19.4 Å². The normalized spacial score (nSPS) is 11.7. The Morgan fingerprint density at radius 2 is 1.77 bits per heavy atom. The summed E-state index contributed by atoms with van der Waals surface area (Å²) in [5, 5.41) is 2.48. The maximum absolute atomic E-state index is 13.6. The molecule has 0 heterocycles. The van der Waals surface area contributed by atoms with Gasteiger partial charge in [-0.3, -0.25) is 9.59 Å². The van der Waals surface area contributed by atoms with Crippen molar-refractivity contribution in [3.63, 3.8) is 0 Å². The first-order chi connectivity index (χ1) is 10.5. The Kier molecular flexibility index (Phi) is 4.88. The molecule has 0 aliphatic heterocycles. The number of carbonyl (C=O) groups is 2. The number of carbonyl (C=O) groups excluding carboxylic acids is 2. The molecule has 2 aromatic carbocycles. The molecule has 2 amide bonds. The monoisotopic (exact) mass is 300 g/mol. The van der Waals surface area contributed by atoms with Gasteiger partial charge in [-0.1, -0.05) is 42.0 Å². The van der Waals surface area contributed by atoms with Gasteiger partial charge >= 0.3 is 0 Å². The molecule has 5 heteroatoms. The fraction of sp³-hybridized carbons (Fsp3) is 0.176. The van der Waals surface area contributed by atoms with Crippen LogP contribution in [-0.2, 0) is 11.2 Å². The minimum absolute atomic E-state index is 0.113.